The topological polar surface area (TPSA) is 29.5 Å². The van der Waals surface area contributed by atoms with Crippen LogP contribution >= 0.6 is 0 Å². The SMILES string of the molecule is Cc1ccc(C(CC(=O)N2CC(C)OCC2(C)C)C2CC2)cc1C. The lowest BCUT2D eigenvalue weighted by Gasteiger charge is -2.45. The lowest BCUT2D eigenvalue weighted by molar-refractivity contribution is -0.153. The summed E-state index contributed by atoms with van der Waals surface area (Å²) in [7, 11) is 0. The molecule has 2 unspecified atom stereocenters. The second-order valence-corrected chi connectivity index (χ2v) is 8.43. The smallest absolute Gasteiger partial charge is 0.223 e. The van der Waals surface area contributed by atoms with Gasteiger partial charge in [-0.1, -0.05) is 18.2 Å². The summed E-state index contributed by atoms with van der Waals surface area (Å²) in [6, 6.07) is 6.72. The van der Waals surface area contributed by atoms with E-state index < -0.39 is 0 Å². The zero-order valence-corrected chi connectivity index (χ0v) is 15.8. The Morgan fingerprint density at radius 3 is 2.62 bits per heavy atom. The van der Waals surface area contributed by atoms with Crippen molar-refractivity contribution >= 4 is 5.91 Å². The molecule has 24 heavy (non-hydrogen) atoms. The number of hydrogen-bond acceptors (Lipinski definition) is 2. The summed E-state index contributed by atoms with van der Waals surface area (Å²) in [4.78, 5) is 15.2. The minimum Gasteiger partial charge on any atom is -0.374 e. The molecule has 1 aliphatic heterocycles. The Balaban J connectivity index is 1.78. The van der Waals surface area contributed by atoms with E-state index in [2.05, 4.69) is 57.7 Å². The molecule has 3 heteroatoms. The molecule has 1 saturated carbocycles. The van der Waals surface area contributed by atoms with Gasteiger partial charge in [0, 0.05) is 13.0 Å². The fourth-order valence-electron chi connectivity index (χ4n) is 3.77. The molecule has 2 aliphatic rings. The summed E-state index contributed by atoms with van der Waals surface area (Å²) in [6.07, 6.45) is 3.27. The van der Waals surface area contributed by atoms with Crippen LogP contribution in [-0.4, -0.2) is 35.6 Å². The third-order valence-electron chi connectivity index (χ3n) is 5.74. The molecule has 3 nitrogen and oxygen atoms in total. The van der Waals surface area contributed by atoms with Gasteiger partial charge in [-0.15, -0.1) is 0 Å². The minimum atomic E-state index is -0.207. The number of ether oxygens (including phenoxy) is 1. The van der Waals surface area contributed by atoms with E-state index in [1.807, 2.05) is 0 Å². The molecule has 1 aliphatic carbocycles. The molecular formula is C21H31NO2. The summed E-state index contributed by atoms with van der Waals surface area (Å²) in [5, 5.41) is 0. The molecule has 0 bridgehead atoms. The molecule has 2 atom stereocenters. The first kappa shape index (κ1) is 17.5. The van der Waals surface area contributed by atoms with E-state index in [0.717, 1.165) is 0 Å². The molecule has 1 saturated heterocycles. The number of aryl methyl sites for hydroxylation is 2. The quantitative estimate of drug-likeness (QED) is 0.828. The Kier molecular flexibility index (Phi) is 4.74. The van der Waals surface area contributed by atoms with Crippen LogP contribution in [0.25, 0.3) is 0 Å². The van der Waals surface area contributed by atoms with Crippen molar-refractivity contribution < 1.29 is 9.53 Å². The van der Waals surface area contributed by atoms with Gasteiger partial charge < -0.3 is 9.64 Å². The summed E-state index contributed by atoms with van der Waals surface area (Å²) in [5.74, 6) is 1.33. The lowest BCUT2D eigenvalue weighted by atomic mass is 9.88. The zero-order chi connectivity index (χ0) is 17.5. The van der Waals surface area contributed by atoms with Crippen molar-refractivity contribution in [1.82, 2.24) is 4.90 Å². The second kappa shape index (κ2) is 6.51. The van der Waals surface area contributed by atoms with Gasteiger partial charge in [-0.3, -0.25) is 4.79 Å². The Morgan fingerprint density at radius 2 is 2.00 bits per heavy atom. The predicted molar refractivity (Wildman–Crippen MR) is 97.2 cm³/mol. The molecular weight excluding hydrogens is 298 g/mol. The minimum absolute atomic E-state index is 0.128. The van der Waals surface area contributed by atoms with Gasteiger partial charge in [0.05, 0.1) is 18.2 Å². The average Bonchev–Trinajstić information content (AvgIpc) is 3.35. The highest BCUT2D eigenvalue weighted by Gasteiger charge is 2.40. The molecule has 2 fully saturated rings. The normalized spacial score (nSPS) is 24.7. The maximum absolute atomic E-state index is 13.1. The van der Waals surface area contributed by atoms with E-state index in [9.17, 15) is 4.79 Å². The van der Waals surface area contributed by atoms with Crippen LogP contribution in [0.3, 0.4) is 0 Å². The lowest BCUT2D eigenvalue weighted by Crippen LogP contribution is -2.58. The van der Waals surface area contributed by atoms with E-state index in [4.69, 9.17) is 4.74 Å². The summed E-state index contributed by atoms with van der Waals surface area (Å²) >= 11 is 0. The maximum atomic E-state index is 13.1. The largest absolute Gasteiger partial charge is 0.374 e. The molecule has 0 radical (unpaired) electrons. The number of carbonyl (C=O) groups excluding carboxylic acids is 1. The van der Waals surface area contributed by atoms with Gasteiger partial charge in [0.15, 0.2) is 0 Å². The Morgan fingerprint density at radius 1 is 1.29 bits per heavy atom. The van der Waals surface area contributed by atoms with E-state index in [0.29, 0.717) is 31.4 Å². The third kappa shape index (κ3) is 3.66. The van der Waals surface area contributed by atoms with Crippen molar-refractivity contribution in [3.8, 4) is 0 Å². The average molecular weight is 329 g/mol. The van der Waals surface area contributed by atoms with Gasteiger partial charge in [-0.05, 0) is 76.0 Å². The van der Waals surface area contributed by atoms with Crippen molar-refractivity contribution in [3.63, 3.8) is 0 Å². The first-order chi connectivity index (χ1) is 11.3. The maximum Gasteiger partial charge on any atom is 0.223 e. The van der Waals surface area contributed by atoms with Gasteiger partial charge in [0.25, 0.3) is 0 Å². The highest BCUT2D eigenvalue weighted by atomic mass is 16.5. The Labute approximate surface area is 146 Å². The number of hydrogen-bond donors (Lipinski definition) is 0. The van der Waals surface area contributed by atoms with Crippen molar-refractivity contribution in [1.29, 1.82) is 0 Å². The predicted octanol–water partition coefficient (Wildman–Crippen LogP) is 4.21. The van der Waals surface area contributed by atoms with E-state index in [1.165, 1.54) is 29.5 Å². The fraction of sp³-hybridized carbons (Fsp3) is 0.667. The summed E-state index contributed by atoms with van der Waals surface area (Å²) < 4.78 is 5.76. The van der Waals surface area contributed by atoms with Crippen molar-refractivity contribution in [2.45, 2.75) is 71.4 Å². The third-order valence-corrected chi connectivity index (χ3v) is 5.74. The molecule has 0 N–H and O–H groups in total. The van der Waals surface area contributed by atoms with Gasteiger partial charge in [0.2, 0.25) is 5.91 Å². The van der Waals surface area contributed by atoms with Gasteiger partial charge in [0.1, 0.15) is 0 Å². The number of amides is 1. The molecule has 1 aromatic carbocycles. The van der Waals surface area contributed by atoms with Crippen LogP contribution in [0.15, 0.2) is 18.2 Å². The van der Waals surface area contributed by atoms with E-state index in [1.54, 1.807) is 0 Å². The molecule has 0 aromatic heterocycles. The highest BCUT2D eigenvalue weighted by molar-refractivity contribution is 5.78. The zero-order valence-electron chi connectivity index (χ0n) is 15.8. The molecule has 1 heterocycles. The summed E-state index contributed by atoms with van der Waals surface area (Å²) in [5.41, 5.74) is 3.78. The van der Waals surface area contributed by atoms with Crippen LogP contribution in [0.1, 0.15) is 62.6 Å². The fourth-order valence-corrected chi connectivity index (χ4v) is 3.77. The molecule has 132 valence electrons. The standard InChI is InChI=1S/C21H31NO2/c1-14-6-7-18(10-15(14)2)19(17-8-9-17)11-20(23)22-12-16(3)24-13-21(22,4)5/h6-7,10,16-17,19H,8-9,11-13H2,1-5H3. The van der Waals surface area contributed by atoms with Gasteiger partial charge in [-0.25, -0.2) is 0 Å². The van der Waals surface area contributed by atoms with Crippen LogP contribution < -0.4 is 0 Å². The van der Waals surface area contributed by atoms with Crippen LogP contribution in [0.4, 0.5) is 0 Å². The second-order valence-electron chi connectivity index (χ2n) is 8.43. The van der Waals surface area contributed by atoms with E-state index in [-0.39, 0.29) is 17.6 Å². The van der Waals surface area contributed by atoms with Crippen LogP contribution in [0.2, 0.25) is 0 Å². The Hall–Kier alpha value is -1.35. The molecule has 1 amide bonds. The van der Waals surface area contributed by atoms with Crippen LogP contribution in [0.5, 0.6) is 0 Å². The highest BCUT2D eigenvalue weighted by Crippen LogP contribution is 2.45. The van der Waals surface area contributed by atoms with Gasteiger partial charge in [-0.2, -0.15) is 0 Å². The molecule has 1 aromatic rings. The van der Waals surface area contributed by atoms with Crippen molar-refractivity contribution in [2.24, 2.45) is 5.92 Å². The van der Waals surface area contributed by atoms with Crippen molar-refractivity contribution in [3.05, 3.63) is 34.9 Å². The van der Waals surface area contributed by atoms with Crippen LogP contribution in [-0.2, 0) is 9.53 Å². The van der Waals surface area contributed by atoms with Crippen LogP contribution in [0, 0.1) is 19.8 Å². The van der Waals surface area contributed by atoms with E-state index >= 15 is 0 Å². The summed E-state index contributed by atoms with van der Waals surface area (Å²) in [6.45, 7) is 11.9. The number of carbonyl (C=O) groups is 1. The first-order valence-corrected chi connectivity index (χ1v) is 9.27. The number of nitrogens with zero attached hydrogens (tertiary/aromatic N) is 1. The number of morpholine rings is 1. The number of benzene rings is 1. The number of rotatable bonds is 4. The van der Waals surface area contributed by atoms with Crippen molar-refractivity contribution in [2.75, 3.05) is 13.2 Å². The Bertz CT molecular complexity index is 618. The first-order valence-electron chi connectivity index (χ1n) is 9.27. The monoisotopic (exact) mass is 329 g/mol. The molecule has 3 rings (SSSR count). The molecule has 0 spiro atoms. The van der Waals surface area contributed by atoms with Gasteiger partial charge >= 0.3 is 0 Å².